The van der Waals surface area contributed by atoms with Gasteiger partial charge in [0.05, 0.1) is 11.3 Å². The maximum atomic E-state index is 14.1. The summed E-state index contributed by atoms with van der Waals surface area (Å²) in [6, 6.07) is 5.47. The molecule has 6 nitrogen and oxygen atoms in total. The van der Waals surface area contributed by atoms with E-state index in [1.54, 1.807) is 24.8 Å². The van der Waals surface area contributed by atoms with E-state index in [-0.39, 0.29) is 17.7 Å². The van der Waals surface area contributed by atoms with Crippen LogP contribution in [-0.2, 0) is 4.74 Å². The van der Waals surface area contributed by atoms with Crippen molar-refractivity contribution in [3.8, 4) is 0 Å². The molecule has 29 heavy (non-hydrogen) atoms. The molecule has 3 atom stereocenters. The van der Waals surface area contributed by atoms with E-state index in [1.165, 1.54) is 0 Å². The molecule has 153 valence electrons. The van der Waals surface area contributed by atoms with Crippen LogP contribution in [0.1, 0.15) is 24.2 Å². The summed E-state index contributed by atoms with van der Waals surface area (Å²) in [6.45, 7) is 9.75. The van der Waals surface area contributed by atoms with Gasteiger partial charge < -0.3 is 9.64 Å². The molecular weight excluding hydrogens is 369 g/mol. The normalized spacial score (nSPS) is 27.2. The van der Waals surface area contributed by atoms with E-state index in [4.69, 9.17) is 4.74 Å². The maximum absolute atomic E-state index is 14.1. The van der Waals surface area contributed by atoms with E-state index in [0.29, 0.717) is 5.56 Å². The molecule has 0 amide bonds. The highest BCUT2D eigenvalue weighted by Crippen LogP contribution is 2.42. The van der Waals surface area contributed by atoms with Crippen molar-refractivity contribution < 1.29 is 9.13 Å². The van der Waals surface area contributed by atoms with Crippen LogP contribution in [0.15, 0.2) is 36.4 Å². The van der Waals surface area contributed by atoms with Crippen molar-refractivity contribution in [3.05, 3.63) is 60.6 Å². The molecule has 1 aromatic carbocycles. The lowest BCUT2D eigenvalue weighted by Gasteiger charge is -2.47. The molecule has 0 N–H and O–H groups in total. The number of piperidine rings is 1. The van der Waals surface area contributed by atoms with Crippen molar-refractivity contribution in [1.82, 2.24) is 20.2 Å². The fourth-order valence-corrected chi connectivity index (χ4v) is 4.53. The van der Waals surface area contributed by atoms with Crippen molar-refractivity contribution in [2.45, 2.75) is 32.3 Å². The van der Waals surface area contributed by atoms with Crippen molar-refractivity contribution in [2.24, 2.45) is 11.8 Å². The lowest BCUT2D eigenvalue weighted by Crippen LogP contribution is -2.52. The SMILES string of the molecule is [CH2][C@@H]1C=C(n2nnnc2C)C=C[C@@]1(OC)C1CCCN(c2ccc(C)c(F)c2)C1. The Morgan fingerprint density at radius 3 is 2.79 bits per heavy atom. The number of hydrogen-bond acceptors (Lipinski definition) is 5. The molecule has 2 aliphatic rings. The molecule has 0 bridgehead atoms. The van der Waals surface area contributed by atoms with Gasteiger partial charge in [-0.3, -0.25) is 0 Å². The van der Waals surface area contributed by atoms with Crippen LogP contribution < -0.4 is 4.90 Å². The minimum Gasteiger partial charge on any atom is -0.373 e. The first-order valence-corrected chi connectivity index (χ1v) is 10.0. The first-order chi connectivity index (χ1) is 13.9. The third-order valence-corrected chi connectivity index (χ3v) is 6.27. The topological polar surface area (TPSA) is 56.1 Å². The molecule has 1 saturated heterocycles. The lowest BCUT2D eigenvalue weighted by atomic mass is 9.71. The summed E-state index contributed by atoms with van der Waals surface area (Å²) < 4.78 is 21.9. The van der Waals surface area contributed by atoms with Crippen LogP contribution in [0, 0.1) is 38.4 Å². The van der Waals surface area contributed by atoms with Crippen LogP contribution in [0.3, 0.4) is 0 Å². The van der Waals surface area contributed by atoms with E-state index in [1.807, 2.05) is 25.1 Å². The fourth-order valence-electron chi connectivity index (χ4n) is 4.53. The Morgan fingerprint density at radius 2 is 2.14 bits per heavy atom. The predicted molar refractivity (Wildman–Crippen MR) is 111 cm³/mol. The van der Waals surface area contributed by atoms with Gasteiger partial charge in [0.15, 0.2) is 5.82 Å². The number of nitrogens with zero attached hydrogens (tertiary/aromatic N) is 5. The summed E-state index contributed by atoms with van der Waals surface area (Å²) in [7, 11) is 1.74. The molecule has 2 heterocycles. The molecule has 1 aromatic heterocycles. The highest BCUT2D eigenvalue weighted by Gasteiger charge is 2.44. The quantitative estimate of drug-likeness (QED) is 0.791. The van der Waals surface area contributed by atoms with Gasteiger partial charge in [-0.2, -0.15) is 4.68 Å². The largest absolute Gasteiger partial charge is 0.373 e. The second-order valence-corrected chi connectivity index (χ2v) is 7.95. The lowest BCUT2D eigenvalue weighted by molar-refractivity contribution is -0.0433. The van der Waals surface area contributed by atoms with Crippen molar-refractivity contribution >= 4 is 11.4 Å². The van der Waals surface area contributed by atoms with Gasteiger partial charge in [-0.05, 0) is 73.9 Å². The number of benzene rings is 1. The molecule has 1 aliphatic carbocycles. The fraction of sp³-hybridized carbons (Fsp3) is 0.455. The molecular formula is C22H27FN5O. The minimum absolute atomic E-state index is 0.101. The van der Waals surface area contributed by atoms with Gasteiger partial charge in [0, 0.05) is 37.7 Å². The standard InChI is InChI=1S/C22H27FN5O/c1-15-7-8-19(13-21(15)23)27-11-5-6-18(14-27)22(29-4)10-9-20(12-16(22)2)28-17(3)24-25-26-28/h7-10,12-13,16,18H,2,5-6,11,14H2,1,3-4H3/t16-,18?,22+/m1/s1. The zero-order valence-corrected chi connectivity index (χ0v) is 17.2. The number of aryl methyl sites for hydroxylation is 2. The molecule has 7 heteroatoms. The van der Waals surface area contributed by atoms with Gasteiger partial charge >= 0.3 is 0 Å². The Kier molecular flexibility index (Phi) is 5.25. The number of anilines is 1. The highest BCUT2D eigenvalue weighted by molar-refractivity contribution is 5.60. The summed E-state index contributed by atoms with van der Waals surface area (Å²) in [5.74, 6) is 0.694. The number of methoxy groups -OCH3 is 1. The first kappa shape index (κ1) is 19.8. The number of rotatable bonds is 4. The molecule has 1 fully saturated rings. The van der Waals surface area contributed by atoms with E-state index < -0.39 is 5.60 Å². The van der Waals surface area contributed by atoms with E-state index >= 15 is 0 Å². The summed E-state index contributed by atoms with van der Waals surface area (Å²) >= 11 is 0. The van der Waals surface area contributed by atoms with Gasteiger partial charge in [-0.1, -0.05) is 12.1 Å². The maximum Gasteiger partial charge on any atom is 0.153 e. The Morgan fingerprint density at radius 1 is 1.31 bits per heavy atom. The third-order valence-electron chi connectivity index (χ3n) is 6.27. The number of aromatic nitrogens is 4. The number of ether oxygens (including phenoxy) is 1. The van der Waals surface area contributed by atoms with Gasteiger partial charge in [0.2, 0.25) is 0 Å². The van der Waals surface area contributed by atoms with Crippen molar-refractivity contribution in [1.29, 1.82) is 0 Å². The van der Waals surface area contributed by atoms with Crippen LogP contribution in [0.5, 0.6) is 0 Å². The monoisotopic (exact) mass is 396 g/mol. The molecule has 1 unspecified atom stereocenters. The van der Waals surface area contributed by atoms with E-state index in [0.717, 1.165) is 43.1 Å². The van der Waals surface area contributed by atoms with Crippen LogP contribution in [0.25, 0.3) is 5.70 Å². The first-order valence-electron chi connectivity index (χ1n) is 10.0. The Bertz CT molecular complexity index is 952. The van der Waals surface area contributed by atoms with Crippen molar-refractivity contribution in [3.63, 3.8) is 0 Å². The Labute approximate surface area is 171 Å². The number of halogens is 1. The average Bonchev–Trinajstić information content (AvgIpc) is 3.16. The summed E-state index contributed by atoms with van der Waals surface area (Å²) in [5.41, 5.74) is 1.96. The van der Waals surface area contributed by atoms with E-state index in [2.05, 4.69) is 39.5 Å². The zero-order valence-electron chi connectivity index (χ0n) is 17.2. The summed E-state index contributed by atoms with van der Waals surface area (Å²) in [5, 5.41) is 11.7. The Balaban J connectivity index is 1.59. The van der Waals surface area contributed by atoms with E-state index in [9.17, 15) is 4.39 Å². The minimum atomic E-state index is -0.521. The average molecular weight is 396 g/mol. The van der Waals surface area contributed by atoms with Crippen molar-refractivity contribution in [2.75, 3.05) is 25.1 Å². The summed E-state index contributed by atoms with van der Waals surface area (Å²) in [4.78, 5) is 2.25. The molecule has 1 aliphatic heterocycles. The third kappa shape index (κ3) is 3.48. The van der Waals surface area contributed by atoms with Crippen LogP contribution in [0.2, 0.25) is 0 Å². The van der Waals surface area contributed by atoms with Crippen LogP contribution in [0.4, 0.5) is 10.1 Å². The molecule has 2 aromatic rings. The molecule has 1 radical (unpaired) electrons. The summed E-state index contributed by atoms with van der Waals surface area (Å²) in [6.07, 6.45) is 8.23. The molecule has 0 spiro atoms. The Hall–Kier alpha value is -2.54. The second-order valence-electron chi connectivity index (χ2n) is 7.95. The van der Waals surface area contributed by atoms with Crippen LogP contribution in [-0.4, -0.2) is 46.0 Å². The number of allylic oxidation sites excluding steroid dienone is 2. The predicted octanol–water partition coefficient (Wildman–Crippen LogP) is 3.59. The number of hydrogen-bond donors (Lipinski definition) is 0. The van der Waals surface area contributed by atoms with Gasteiger partial charge in [-0.15, -0.1) is 5.10 Å². The number of tetrazole rings is 1. The van der Waals surface area contributed by atoms with Gasteiger partial charge in [0.1, 0.15) is 5.82 Å². The second kappa shape index (κ2) is 7.71. The van der Waals surface area contributed by atoms with Crippen LogP contribution >= 0.6 is 0 Å². The zero-order chi connectivity index (χ0) is 20.6. The molecule has 4 rings (SSSR count). The van der Waals surface area contributed by atoms with Gasteiger partial charge in [0.25, 0.3) is 0 Å². The smallest absolute Gasteiger partial charge is 0.153 e. The van der Waals surface area contributed by atoms with Gasteiger partial charge in [-0.25, -0.2) is 4.39 Å². The highest BCUT2D eigenvalue weighted by atomic mass is 19.1. The molecule has 0 saturated carbocycles.